The summed E-state index contributed by atoms with van der Waals surface area (Å²) in [5.74, 6) is 0.851. The Labute approximate surface area is 108 Å². The van der Waals surface area contributed by atoms with Crippen molar-refractivity contribution < 1.29 is 4.74 Å². The zero-order valence-electron chi connectivity index (χ0n) is 11.2. The van der Waals surface area contributed by atoms with E-state index in [0.717, 1.165) is 11.3 Å². The predicted molar refractivity (Wildman–Crippen MR) is 75.8 cm³/mol. The third-order valence-corrected chi connectivity index (χ3v) is 3.43. The molecule has 0 atom stereocenters. The van der Waals surface area contributed by atoms with E-state index in [2.05, 4.69) is 38.1 Å². The van der Waals surface area contributed by atoms with Crippen LogP contribution in [0.25, 0.3) is 11.1 Å². The highest BCUT2D eigenvalue weighted by Gasteiger charge is 2.09. The maximum Gasteiger partial charge on any atom is 0.119 e. The van der Waals surface area contributed by atoms with Gasteiger partial charge in [0.15, 0.2) is 0 Å². The molecule has 2 aromatic carbocycles. The standard InChI is InChI=1S/C16H19NO/c1-11-5-4-6-15(12(11)2)16-8-7-14(18-3)9-13(16)10-17/h4-9H,10,17H2,1-3H3. The van der Waals surface area contributed by atoms with Gasteiger partial charge in [-0.25, -0.2) is 0 Å². The van der Waals surface area contributed by atoms with Gasteiger partial charge in [-0.3, -0.25) is 0 Å². The van der Waals surface area contributed by atoms with Crippen molar-refractivity contribution in [1.82, 2.24) is 0 Å². The molecule has 0 aliphatic rings. The number of methoxy groups -OCH3 is 1. The third-order valence-electron chi connectivity index (χ3n) is 3.43. The van der Waals surface area contributed by atoms with Gasteiger partial charge in [-0.2, -0.15) is 0 Å². The molecule has 0 heterocycles. The van der Waals surface area contributed by atoms with Crippen molar-refractivity contribution in [2.24, 2.45) is 5.73 Å². The van der Waals surface area contributed by atoms with Gasteiger partial charge in [-0.15, -0.1) is 0 Å². The van der Waals surface area contributed by atoms with Crippen LogP contribution in [-0.2, 0) is 6.54 Å². The molecule has 2 heteroatoms. The second-order valence-corrected chi connectivity index (χ2v) is 4.47. The smallest absolute Gasteiger partial charge is 0.119 e. The molecule has 0 fully saturated rings. The van der Waals surface area contributed by atoms with Gasteiger partial charge in [0.05, 0.1) is 7.11 Å². The minimum atomic E-state index is 0.514. The average molecular weight is 241 g/mol. The Kier molecular flexibility index (Phi) is 3.68. The Hall–Kier alpha value is -1.80. The summed E-state index contributed by atoms with van der Waals surface area (Å²) in [6, 6.07) is 12.4. The summed E-state index contributed by atoms with van der Waals surface area (Å²) in [5, 5.41) is 0. The van der Waals surface area contributed by atoms with Crippen molar-refractivity contribution in [3.05, 3.63) is 53.1 Å². The van der Waals surface area contributed by atoms with E-state index in [1.807, 2.05) is 12.1 Å². The molecular formula is C16H19NO. The quantitative estimate of drug-likeness (QED) is 0.893. The number of hydrogen-bond acceptors (Lipinski definition) is 2. The van der Waals surface area contributed by atoms with Crippen LogP contribution >= 0.6 is 0 Å². The zero-order chi connectivity index (χ0) is 13.1. The van der Waals surface area contributed by atoms with Gasteiger partial charge >= 0.3 is 0 Å². The molecule has 2 N–H and O–H groups in total. The lowest BCUT2D eigenvalue weighted by Gasteiger charge is -2.13. The van der Waals surface area contributed by atoms with Crippen LogP contribution in [0.3, 0.4) is 0 Å². The molecule has 0 unspecified atom stereocenters. The summed E-state index contributed by atoms with van der Waals surface area (Å²) >= 11 is 0. The third kappa shape index (κ3) is 2.24. The first kappa shape index (κ1) is 12.7. The van der Waals surface area contributed by atoms with Crippen LogP contribution in [-0.4, -0.2) is 7.11 Å². The maximum absolute atomic E-state index is 5.84. The highest BCUT2D eigenvalue weighted by Crippen LogP contribution is 2.30. The highest BCUT2D eigenvalue weighted by atomic mass is 16.5. The fourth-order valence-electron chi connectivity index (χ4n) is 2.17. The van der Waals surface area contributed by atoms with Crippen molar-refractivity contribution in [2.45, 2.75) is 20.4 Å². The molecule has 0 radical (unpaired) electrons. The van der Waals surface area contributed by atoms with Gasteiger partial charge in [-0.05, 0) is 53.8 Å². The Morgan fingerprint density at radius 1 is 1.06 bits per heavy atom. The Morgan fingerprint density at radius 2 is 1.83 bits per heavy atom. The summed E-state index contributed by atoms with van der Waals surface area (Å²) in [6.07, 6.45) is 0. The van der Waals surface area contributed by atoms with E-state index in [1.165, 1.54) is 22.3 Å². The fourth-order valence-corrected chi connectivity index (χ4v) is 2.17. The summed E-state index contributed by atoms with van der Waals surface area (Å²) in [6.45, 7) is 4.79. The highest BCUT2D eigenvalue weighted by molar-refractivity contribution is 5.72. The monoisotopic (exact) mass is 241 g/mol. The number of hydrogen-bond donors (Lipinski definition) is 1. The molecule has 2 nitrogen and oxygen atoms in total. The molecular weight excluding hydrogens is 222 g/mol. The Balaban J connectivity index is 2.60. The van der Waals surface area contributed by atoms with E-state index in [9.17, 15) is 0 Å². The number of benzene rings is 2. The van der Waals surface area contributed by atoms with Gasteiger partial charge < -0.3 is 10.5 Å². The van der Waals surface area contributed by atoms with Crippen LogP contribution in [0.15, 0.2) is 36.4 Å². The SMILES string of the molecule is COc1ccc(-c2cccc(C)c2C)c(CN)c1. The first-order valence-corrected chi connectivity index (χ1v) is 6.11. The van der Waals surface area contributed by atoms with Crippen LogP contribution in [0.1, 0.15) is 16.7 Å². The number of rotatable bonds is 3. The lowest BCUT2D eigenvalue weighted by Crippen LogP contribution is -2.01. The van der Waals surface area contributed by atoms with Crippen molar-refractivity contribution in [1.29, 1.82) is 0 Å². The predicted octanol–water partition coefficient (Wildman–Crippen LogP) is 3.44. The van der Waals surface area contributed by atoms with Gasteiger partial charge in [-0.1, -0.05) is 24.3 Å². The first-order valence-electron chi connectivity index (χ1n) is 6.11. The van der Waals surface area contributed by atoms with Crippen LogP contribution in [0, 0.1) is 13.8 Å². The van der Waals surface area contributed by atoms with Crippen molar-refractivity contribution >= 4 is 0 Å². The van der Waals surface area contributed by atoms with E-state index in [4.69, 9.17) is 10.5 Å². The lowest BCUT2D eigenvalue weighted by molar-refractivity contribution is 0.414. The zero-order valence-corrected chi connectivity index (χ0v) is 11.2. The summed E-state index contributed by atoms with van der Waals surface area (Å²) in [4.78, 5) is 0. The van der Waals surface area contributed by atoms with E-state index in [1.54, 1.807) is 7.11 Å². The molecule has 94 valence electrons. The average Bonchev–Trinajstić information content (AvgIpc) is 2.41. The van der Waals surface area contributed by atoms with E-state index < -0.39 is 0 Å². The van der Waals surface area contributed by atoms with Crippen LogP contribution in [0.4, 0.5) is 0 Å². The molecule has 0 amide bonds. The fraction of sp³-hybridized carbons (Fsp3) is 0.250. The van der Waals surface area contributed by atoms with Crippen molar-refractivity contribution in [3.63, 3.8) is 0 Å². The molecule has 0 aromatic heterocycles. The Morgan fingerprint density at radius 3 is 2.50 bits per heavy atom. The minimum absolute atomic E-state index is 0.514. The maximum atomic E-state index is 5.84. The second kappa shape index (κ2) is 5.23. The number of ether oxygens (including phenoxy) is 1. The Bertz CT molecular complexity index is 561. The molecule has 0 bridgehead atoms. The number of nitrogens with two attached hydrogens (primary N) is 1. The van der Waals surface area contributed by atoms with Crippen molar-refractivity contribution in [3.8, 4) is 16.9 Å². The molecule has 0 spiro atoms. The molecule has 0 aliphatic carbocycles. The normalized spacial score (nSPS) is 10.4. The second-order valence-electron chi connectivity index (χ2n) is 4.47. The number of aryl methyl sites for hydroxylation is 1. The van der Waals surface area contributed by atoms with E-state index in [0.29, 0.717) is 6.54 Å². The summed E-state index contributed by atoms with van der Waals surface area (Å²) in [7, 11) is 1.67. The topological polar surface area (TPSA) is 35.2 Å². The largest absolute Gasteiger partial charge is 0.497 e. The molecule has 0 aliphatic heterocycles. The first-order chi connectivity index (χ1) is 8.67. The van der Waals surface area contributed by atoms with Crippen LogP contribution < -0.4 is 10.5 Å². The van der Waals surface area contributed by atoms with E-state index >= 15 is 0 Å². The van der Waals surface area contributed by atoms with Crippen LogP contribution in [0.2, 0.25) is 0 Å². The van der Waals surface area contributed by atoms with Gasteiger partial charge in [0.2, 0.25) is 0 Å². The van der Waals surface area contributed by atoms with Gasteiger partial charge in [0.25, 0.3) is 0 Å². The van der Waals surface area contributed by atoms with Gasteiger partial charge in [0.1, 0.15) is 5.75 Å². The minimum Gasteiger partial charge on any atom is -0.497 e. The molecule has 2 aromatic rings. The summed E-state index contributed by atoms with van der Waals surface area (Å²) < 4.78 is 5.25. The molecule has 0 saturated heterocycles. The van der Waals surface area contributed by atoms with Gasteiger partial charge in [0, 0.05) is 6.54 Å². The molecule has 0 saturated carbocycles. The summed E-state index contributed by atoms with van der Waals surface area (Å²) in [5.41, 5.74) is 12.0. The molecule has 18 heavy (non-hydrogen) atoms. The molecule has 2 rings (SSSR count). The van der Waals surface area contributed by atoms with Crippen LogP contribution in [0.5, 0.6) is 5.75 Å². The van der Waals surface area contributed by atoms with E-state index in [-0.39, 0.29) is 0 Å². The lowest BCUT2D eigenvalue weighted by atomic mass is 9.93. The van der Waals surface area contributed by atoms with Crippen molar-refractivity contribution in [2.75, 3.05) is 7.11 Å².